The van der Waals surface area contributed by atoms with Crippen LogP contribution in [0.2, 0.25) is 0 Å². The second-order valence-electron chi connectivity index (χ2n) is 5.17. The molecular weight excluding hydrogens is 328 g/mol. The molecule has 1 heterocycles. The lowest BCUT2D eigenvalue weighted by molar-refractivity contribution is -0.116. The van der Waals surface area contributed by atoms with E-state index in [4.69, 9.17) is 4.74 Å². The minimum absolute atomic E-state index is 0.0691. The smallest absolute Gasteiger partial charge is 0.261 e. The maximum Gasteiger partial charge on any atom is 0.261 e. The van der Waals surface area contributed by atoms with Gasteiger partial charge in [-0.3, -0.25) is 14.3 Å². The molecule has 0 fully saturated rings. The Labute approximate surface area is 145 Å². The minimum Gasteiger partial charge on any atom is -0.479 e. The Morgan fingerprint density at radius 1 is 1.42 bits per heavy atom. The number of nitrogens with zero attached hydrogens (tertiary/aromatic N) is 3. The van der Waals surface area contributed by atoms with Gasteiger partial charge in [-0.25, -0.2) is 0 Å². The average Bonchev–Trinajstić information content (AvgIpc) is 2.94. The van der Waals surface area contributed by atoms with Crippen LogP contribution < -0.4 is 10.1 Å². The van der Waals surface area contributed by atoms with Gasteiger partial charge in [-0.1, -0.05) is 6.07 Å². The van der Waals surface area contributed by atoms with Gasteiger partial charge in [0, 0.05) is 30.9 Å². The number of hydrogen-bond acceptors (Lipinski definition) is 5. The Hall–Kier alpha value is -2.48. The minimum atomic E-state index is -0.326. The molecule has 0 aliphatic carbocycles. The number of aryl methyl sites for hydroxylation is 1. The Bertz CT molecular complexity index is 745. The van der Waals surface area contributed by atoms with Crippen LogP contribution in [0.15, 0.2) is 35.4 Å². The van der Waals surface area contributed by atoms with Crippen LogP contribution in [-0.2, 0) is 11.8 Å². The molecule has 7 nitrogen and oxygen atoms in total. The van der Waals surface area contributed by atoms with Crippen LogP contribution in [0.4, 0.5) is 5.69 Å². The molecule has 2 aromatic rings. The van der Waals surface area contributed by atoms with Crippen molar-refractivity contribution in [2.75, 3.05) is 32.3 Å². The largest absolute Gasteiger partial charge is 0.479 e. The number of anilines is 1. The van der Waals surface area contributed by atoms with Crippen LogP contribution in [-0.4, -0.2) is 53.5 Å². The molecule has 0 aliphatic rings. The van der Waals surface area contributed by atoms with E-state index in [1.54, 1.807) is 32.1 Å². The first-order valence-corrected chi connectivity index (χ1v) is 8.44. The van der Waals surface area contributed by atoms with Crippen molar-refractivity contribution in [1.29, 1.82) is 0 Å². The highest BCUT2D eigenvalue weighted by molar-refractivity contribution is 7.98. The second-order valence-corrected chi connectivity index (χ2v) is 6.05. The number of aromatic nitrogens is 2. The summed E-state index contributed by atoms with van der Waals surface area (Å²) in [6.07, 6.45) is 3.53. The number of nitrogens with one attached hydrogen (secondary N) is 1. The summed E-state index contributed by atoms with van der Waals surface area (Å²) in [7, 11) is 4.71. The van der Waals surface area contributed by atoms with Gasteiger partial charge >= 0.3 is 0 Å². The Morgan fingerprint density at radius 3 is 2.83 bits per heavy atom. The summed E-state index contributed by atoms with van der Waals surface area (Å²) >= 11 is 1.59. The van der Waals surface area contributed by atoms with Gasteiger partial charge in [0.1, 0.15) is 5.56 Å². The van der Waals surface area contributed by atoms with Crippen molar-refractivity contribution in [3.63, 3.8) is 0 Å². The number of hydrogen-bond donors (Lipinski definition) is 1. The third-order valence-electron chi connectivity index (χ3n) is 3.30. The summed E-state index contributed by atoms with van der Waals surface area (Å²) in [6, 6.07) is 7.53. The van der Waals surface area contributed by atoms with Crippen molar-refractivity contribution in [3.05, 3.63) is 36.0 Å². The molecule has 0 unspecified atom stereocenters. The zero-order valence-electron chi connectivity index (χ0n) is 14.1. The number of carbonyl (C=O) groups excluding carboxylic acids is 2. The Balaban J connectivity index is 2.01. The molecule has 24 heavy (non-hydrogen) atoms. The third kappa shape index (κ3) is 4.29. The molecule has 0 atom stereocenters. The lowest BCUT2D eigenvalue weighted by Crippen LogP contribution is -2.35. The summed E-state index contributed by atoms with van der Waals surface area (Å²) in [5.74, 6) is -0.359. The van der Waals surface area contributed by atoms with E-state index in [-0.39, 0.29) is 24.2 Å². The van der Waals surface area contributed by atoms with Crippen molar-refractivity contribution in [2.45, 2.75) is 4.90 Å². The van der Waals surface area contributed by atoms with E-state index in [2.05, 4.69) is 10.4 Å². The molecule has 0 bridgehead atoms. The summed E-state index contributed by atoms with van der Waals surface area (Å²) in [4.78, 5) is 27.0. The van der Waals surface area contributed by atoms with E-state index in [0.717, 1.165) is 4.90 Å². The van der Waals surface area contributed by atoms with Crippen LogP contribution in [0.1, 0.15) is 10.4 Å². The lowest BCUT2D eigenvalue weighted by atomic mass is 10.3. The molecule has 0 saturated heterocycles. The fourth-order valence-electron chi connectivity index (χ4n) is 2.16. The maximum atomic E-state index is 12.4. The summed E-state index contributed by atoms with van der Waals surface area (Å²) < 4.78 is 6.58. The number of rotatable bonds is 6. The van der Waals surface area contributed by atoms with E-state index < -0.39 is 0 Å². The van der Waals surface area contributed by atoms with Crippen LogP contribution in [0.25, 0.3) is 0 Å². The fourth-order valence-corrected chi connectivity index (χ4v) is 2.62. The number of carbonyl (C=O) groups is 2. The molecule has 1 N–H and O–H groups in total. The predicted molar refractivity (Wildman–Crippen MR) is 93.6 cm³/mol. The highest BCUT2D eigenvalue weighted by Crippen LogP contribution is 2.19. The van der Waals surface area contributed by atoms with Crippen molar-refractivity contribution in [2.24, 2.45) is 7.05 Å². The van der Waals surface area contributed by atoms with E-state index >= 15 is 0 Å². The van der Waals surface area contributed by atoms with E-state index in [1.807, 2.05) is 30.5 Å². The van der Waals surface area contributed by atoms with Crippen molar-refractivity contribution in [3.8, 4) is 5.88 Å². The molecule has 0 spiro atoms. The van der Waals surface area contributed by atoms with Gasteiger partial charge in [-0.05, 0) is 24.5 Å². The zero-order chi connectivity index (χ0) is 17.7. The standard InChI is InChI=1S/C16H20N4O3S/c1-19(16(22)13-9-20(2)18-15(13)23-3)10-14(21)17-11-6-5-7-12(8-11)24-4/h5-9H,10H2,1-4H3,(H,17,21). The number of benzene rings is 1. The van der Waals surface area contributed by atoms with Crippen molar-refractivity contribution < 1.29 is 14.3 Å². The molecule has 0 saturated carbocycles. The van der Waals surface area contributed by atoms with Crippen LogP contribution in [0, 0.1) is 0 Å². The number of thioether (sulfide) groups is 1. The molecule has 128 valence electrons. The third-order valence-corrected chi connectivity index (χ3v) is 4.02. The Morgan fingerprint density at radius 2 is 2.17 bits per heavy atom. The van der Waals surface area contributed by atoms with E-state index in [0.29, 0.717) is 11.3 Å². The molecule has 1 aromatic carbocycles. The molecule has 1 aromatic heterocycles. The SMILES string of the molecule is COc1nn(C)cc1C(=O)N(C)CC(=O)Nc1cccc(SC)c1. The highest BCUT2D eigenvalue weighted by atomic mass is 32.2. The second kappa shape index (κ2) is 7.87. The number of methoxy groups -OCH3 is 1. The summed E-state index contributed by atoms with van der Waals surface area (Å²) in [6.45, 7) is -0.0691. The van der Waals surface area contributed by atoms with Crippen LogP contribution in [0.5, 0.6) is 5.88 Å². The topological polar surface area (TPSA) is 76.5 Å². The molecule has 0 aliphatic heterocycles. The Kier molecular flexibility index (Phi) is 5.86. The number of amides is 2. The van der Waals surface area contributed by atoms with Gasteiger partial charge in [-0.2, -0.15) is 0 Å². The number of likely N-dealkylation sites (N-methyl/N-ethyl adjacent to an activating group) is 1. The van der Waals surface area contributed by atoms with Gasteiger partial charge in [0.15, 0.2) is 0 Å². The van der Waals surface area contributed by atoms with Crippen molar-refractivity contribution >= 4 is 29.3 Å². The van der Waals surface area contributed by atoms with Crippen LogP contribution in [0.3, 0.4) is 0 Å². The highest BCUT2D eigenvalue weighted by Gasteiger charge is 2.21. The van der Waals surface area contributed by atoms with Gasteiger partial charge in [-0.15, -0.1) is 16.9 Å². The van der Waals surface area contributed by atoms with Gasteiger partial charge in [0.05, 0.1) is 13.7 Å². The molecule has 8 heteroatoms. The first-order chi connectivity index (χ1) is 11.4. The average molecular weight is 348 g/mol. The predicted octanol–water partition coefficient (Wildman–Crippen LogP) is 1.86. The molecule has 2 amide bonds. The first kappa shape index (κ1) is 17.9. The summed E-state index contributed by atoms with van der Waals surface area (Å²) in [5.41, 5.74) is 1.02. The van der Waals surface area contributed by atoms with Crippen LogP contribution >= 0.6 is 11.8 Å². The van der Waals surface area contributed by atoms with E-state index in [9.17, 15) is 9.59 Å². The molecular formula is C16H20N4O3S. The molecule has 0 radical (unpaired) electrons. The first-order valence-electron chi connectivity index (χ1n) is 7.21. The molecule has 2 rings (SSSR count). The van der Waals surface area contributed by atoms with Crippen molar-refractivity contribution in [1.82, 2.24) is 14.7 Å². The lowest BCUT2D eigenvalue weighted by Gasteiger charge is -2.16. The van der Waals surface area contributed by atoms with Gasteiger partial charge in [0.2, 0.25) is 11.8 Å². The maximum absolute atomic E-state index is 12.4. The fraction of sp³-hybridized carbons (Fsp3) is 0.312. The van der Waals surface area contributed by atoms with E-state index in [1.165, 1.54) is 16.7 Å². The quantitative estimate of drug-likeness (QED) is 0.807. The van der Waals surface area contributed by atoms with Gasteiger partial charge < -0.3 is 15.0 Å². The monoisotopic (exact) mass is 348 g/mol. The zero-order valence-corrected chi connectivity index (χ0v) is 14.9. The summed E-state index contributed by atoms with van der Waals surface area (Å²) in [5, 5.41) is 6.83. The number of ether oxygens (including phenoxy) is 1. The van der Waals surface area contributed by atoms with Gasteiger partial charge in [0.25, 0.3) is 5.91 Å². The normalized spacial score (nSPS) is 10.3.